The van der Waals surface area contributed by atoms with Crippen molar-refractivity contribution in [2.24, 2.45) is 17.8 Å². The van der Waals surface area contributed by atoms with Crippen LogP contribution in [0.2, 0.25) is 5.02 Å². The van der Waals surface area contributed by atoms with Gasteiger partial charge in [-0.1, -0.05) is 36.6 Å². The summed E-state index contributed by atoms with van der Waals surface area (Å²) in [5.74, 6) is 2.67. The first-order valence-electron chi connectivity index (χ1n) is 6.64. The van der Waals surface area contributed by atoms with Crippen LogP contribution in [0.25, 0.3) is 0 Å². The van der Waals surface area contributed by atoms with E-state index in [2.05, 4.69) is 12.1 Å². The van der Waals surface area contributed by atoms with Crippen LogP contribution in [-0.2, 0) is 6.42 Å². The van der Waals surface area contributed by atoms with E-state index < -0.39 is 0 Å². The summed E-state index contributed by atoms with van der Waals surface area (Å²) in [6.07, 6.45) is 6.67. The van der Waals surface area contributed by atoms with E-state index in [0.717, 1.165) is 29.2 Å². The fourth-order valence-electron chi connectivity index (χ4n) is 3.57. The van der Waals surface area contributed by atoms with Crippen LogP contribution in [0.3, 0.4) is 0 Å². The molecule has 3 rings (SSSR count). The maximum absolute atomic E-state index is 6.59. The second-order valence-electron chi connectivity index (χ2n) is 5.54. The van der Waals surface area contributed by atoms with Crippen LogP contribution in [0.4, 0.5) is 0 Å². The molecule has 3 atom stereocenters. The molecule has 0 nitrogen and oxygen atoms in total. The SMILES string of the molecule is Clc1ccc(CC(Cl)C2C3CCCCC32)cc1. The summed E-state index contributed by atoms with van der Waals surface area (Å²) >= 11 is 12.5. The molecule has 92 valence electrons. The fraction of sp³-hybridized carbons (Fsp3) is 0.600. The third-order valence-corrected chi connectivity index (χ3v) is 5.18. The van der Waals surface area contributed by atoms with E-state index in [9.17, 15) is 0 Å². The lowest BCUT2D eigenvalue weighted by Gasteiger charge is -2.09. The van der Waals surface area contributed by atoms with Gasteiger partial charge in [-0.3, -0.25) is 0 Å². The van der Waals surface area contributed by atoms with Crippen molar-refractivity contribution >= 4 is 23.2 Å². The Balaban J connectivity index is 1.60. The van der Waals surface area contributed by atoms with Crippen LogP contribution < -0.4 is 0 Å². The average molecular weight is 269 g/mol. The van der Waals surface area contributed by atoms with E-state index in [1.165, 1.54) is 31.2 Å². The summed E-state index contributed by atoms with van der Waals surface area (Å²) < 4.78 is 0. The number of benzene rings is 1. The van der Waals surface area contributed by atoms with E-state index in [1.54, 1.807) is 0 Å². The summed E-state index contributed by atoms with van der Waals surface area (Å²) in [6, 6.07) is 8.12. The molecule has 3 unspecified atom stereocenters. The molecule has 0 saturated heterocycles. The zero-order valence-corrected chi connectivity index (χ0v) is 11.4. The van der Waals surface area contributed by atoms with E-state index in [-0.39, 0.29) is 0 Å². The lowest BCUT2D eigenvalue weighted by molar-refractivity contribution is 0.480. The molecule has 2 aliphatic carbocycles. The summed E-state index contributed by atoms with van der Waals surface area (Å²) in [5, 5.41) is 1.13. The lowest BCUT2D eigenvalue weighted by atomic mass is 10.0. The minimum atomic E-state index is 0.323. The molecule has 0 amide bonds. The highest BCUT2D eigenvalue weighted by molar-refractivity contribution is 6.30. The Bertz CT molecular complexity index is 372. The van der Waals surface area contributed by atoms with Crippen LogP contribution in [0.5, 0.6) is 0 Å². The molecule has 0 radical (unpaired) electrons. The molecular formula is C15H18Cl2. The van der Waals surface area contributed by atoms with E-state index in [4.69, 9.17) is 23.2 Å². The van der Waals surface area contributed by atoms with Crippen LogP contribution >= 0.6 is 23.2 Å². The molecule has 0 spiro atoms. The molecule has 2 heteroatoms. The van der Waals surface area contributed by atoms with Gasteiger partial charge in [0, 0.05) is 10.4 Å². The van der Waals surface area contributed by atoms with Gasteiger partial charge in [0.05, 0.1) is 0 Å². The summed E-state index contributed by atoms with van der Waals surface area (Å²) in [4.78, 5) is 0. The minimum absolute atomic E-state index is 0.323. The first-order valence-corrected chi connectivity index (χ1v) is 7.45. The lowest BCUT2D eigenvalue weighted by Crippen LogP contribution is -2.08. The van der Waals surface area contributed by atoms with Crippen molar-refractivity contribution < 1.29 is 0 Å². The van der Waals surface area contributed by atoms with Gasteiger partial charge in [0.15, 0.2) is 0 Å². The molecule has 2 aliphatic rings. The molecule has 2 saturated carbocycles. The highest BCUT2D eigenvalue weighted by atomic mass is 35.5. The van der Waals surface area contributed by atoms with Gasteiger partial charge in [-0.2, -0.15) is 0 Å². The number of hydrogen-bond acceptors (Lipinski definition) is 0. The molecule has 0 aromatic heterocycles. The van der Waals surface area contributed by atoms with Gasteiger partial charge < -0.3 is 0 Å². The largest absolute Gasteiger partial charge is 0.122 e. The average Bonchev–Trinajstić information content (AvgIpc) is 3.06. The van der Waals surface area contributed by atoms with Crippen molar-refractivity contribution in [3.05, 3.63) is 34.9 Å². The Labute approximate surface area is 113 Å². The predicted molar refractivity (Wildman–Crippen MR) is 73.7 cm³/mol. The van der Waals surface area contributed by atoms with Gasteiger partial charge in [-0.25, -0.2) is 0 Å². The van der Waals surface area contributed by atoms with Crippen LogP contribution in [0.15, 0.2) is 24.3 Å². The Morgan fingerprint density at radius 1 is 1.06 bits per heavy atom. The monoisotopic (exact) mass is 268 g/mol. The van der Waals surface area contributed by atoms with E-state index >= 15 is 0 Å². The summed E-state index contributed by atoms with van der Waals surface area (Å²) in [7, 11) is 0. The molecular weight excluding hydrogens is 251 g/mol. The molecule has 1 aromatic carbocycles. The number of halogens is 2. The van der Waals surface area contributed by atoms with Crippen molar-refractivity contribution in [3.63, 3.8) is 0 Å². The highest BCUT2D eigenvalue weighted by Gasteiger charge is 2.53. The van der Waals surface area contributed by atoms with Crippen molar-refractivity contribution in [3.8, 4) is 0 Å². The number of fused-ring (bicyclic) bond motifs is 1. The van der Waals surface area contributed by atoms with E-state index in [0.29, 0.717) is 5.38 Å². The van der Waals surface area contributed by atoms with Gasteiger partial charge in [0.2, 0.25) is 0 Å². The number of alkyl halides is 1. The van der Waals surface area contributed by atoms with Gasteiger partial charge in [-0.05, 0) is 54.7 Å². The third-order valence-electron chi connectivity index (χ3n) is 4.48. The topological polar surface area (TPSA) is 0 Å². The molecule has 0 bridgehead atoms. The Morgan fingerprint density at radius 3 is 2.24 bits per heavy atom. The first kappa shape index (κ1) is 11.9. The number of hydrogen-bond donors (Lipinski definition) is 0. The smallest absolute Gasteiger partial charge is 0.0410 e. The highest BCUT2D eigenvalue weighted by Crippen LogP contribution is 2.58. The zero-order valence-electron chi connectivity index (χ0n) is 9.91. The molecule has 0 N–H and O–H groups in total. The Morgan fingerprint density at radius 2 is 1.65 bits per heavy atom. The maximum Gasteiger partial charge on any atom is 0.0410 e. The van der Waals surface area contributed by atoms with Crippen LogP contribution in [0.1, 0.15) is 31.2 Å². The fourth-order valence-corrected chi connectivity index (χ4v) is 4.24. The molecule has 17 heavy (non-hydrogen) atoms. The molecule has 0 heterocycles. The third kappa shape index (κ3) is 2.48. The second-order valence-corrected chi connectivity index (χ2v) is 6.53. The molecule has 2 fully saturated rings. The zero-order chi connectivity index (χ0) is 11.8. The van der Waals surface area contributed by atoms with Crippen LogP contribution in [-0.4, -0.2) is 5.38 Å². The van der Waals surface area contributed by atoms with E-state index in [1.807, 2.05) is 12.1 Å². The minimum Gasteiger partial charge on any atom is -0.122 e. The maximum atomic E-state index is 6.59. The second kappa shape index (κ2) is 4.82. The van der Waals surface area contributed by atoms with Crippen molar-refractivity contribution in [2.45, 2.75) is 37.5 Å². The molecule has 0 aliphatic heterocycles. The van der Waals surface area contributed by atoms with Gasteiger partial charge in [0.25, 0.3) is 0 Å². The van der Waals surface area contributed by atoms with Gasteiger partial charge in [-0.15, -0.1) is 11.6 Å². The number of rotatable bonds is 3. The summed E-state index contributed by atoms with van der Waals surface area (Å²) in [6.45, 7) is 0. The van der Waals surface area contributed by atoms with Crippen molar-refractivity contribution in [2.75, 3.05) is 0 Å². The molecule has 1 aromatic rings. The van der Waals surface area contributed by atoms with Gasteiger partial charge >= 0.3 is 0 Å². The van der Waals surface area contributed by atoms with Crippen LogP contribution in [0, 0.1) is 17.8 Å². The quantitative estimate of drug-likeness (QED) is 0.683. The summed E-state index contributed by atoms with van der Waals surface area (Å²) in [5.41, 5.74) is 1.32. The standard InChI is InChI=1S/C15H18Cl2/c16-11-7-5-10(6-8-11)9-14(17)15-12-3-1-2-4-13(12)15/h5-8,12-15H,1-4,9H2. The normalized spacial score (nSPS) is 32.9. The Hall–Kier alpha value is -0.200. The van der Waals surface area contributed by atoms with Crippen molar-refractivity contribution in [1.29, 1.82) is 0 Å². The predicted octanol–water partition coefficient (Wildman–Crippen LogP) is 4.93. The first-order chi connectivity index (χ1) is 8.25. The Kier molecular flexibility index (Phi) is 3.36. The van der Waals surface area contributed by atoms with Gasteiger partial charge in [0.1, 0.15) is 0 Å². The van der Waals surface area contributed by atoms with Crippen molar-refractivity contribution in [1.82, 2.24) is 0 Å².